The van der Waals surface area contributed by atoms with Crippen LogP contribution in [0.4, 0.5) is 0 Å². The maximum Gasteiger partial charge on any atom is 0.353 e. The van der Waals surface area contributed by atoms with Crippen molar-refractivity contribution < 1.29 is 29.3 Å². The lowest BCUT2D eigenvalue weighted by Crippen LogP contribution is -2.40. The summed E-state index contributed by atoms with van der Waals surface area (Å²) >= 11 is 0. The van der Waals surface area contributed by atoms with Gasteiger partial charge in [0, 0.05) is 22.3 Å². The minimum Gasteiger partial charge on any atom is -0.424 e. The van der Waals surface area contributed by atoms with E-state index in [4.69, 9.17) is 9.47 Å². The van der Waals surface area contributed by atoms with E-state index in [9.17, 15) is 19.8 Å². The first-order valence-electron chi connectivity index (χ1n) is 19.9. The smallest absolute Gasteiger partial charge is 0.353 e. The first-order valence-corrected chi connectivity index (χ1v) is 19.9. The van der Waals surface area contributed by atoms with Gasteiger partial charge in [-0.1, -0.05) is 181 Å². The Bertz CT molecular complexity index is 2660. The number of benzene rings is 8. The minimum absolute atomic E-state index is 0.157. The molecule has 298 valence electrons. The van der Waals surface area contributed by atoms with Crippen LogP contribution in [0.25, 0.3) is 11.1 Å². The molecule has 8 rings (SSSR count). The molecule has 6 nitrogen and oxygen atoms in total. The van der Waals surface area contributed by atoms with Gasteiger partial charge in [0.25, 0.3) is 0 Å². The second-order valence-electron chi connectivity index (χ2n) is 14.3. The molecule has 0 atom stereocenters. The molecule has 0 saturated heterocycles. The maximum absolute atomic E-state index is 14.1. The third kappa shape index (κ3) is 8.70. The second kappa shape index (κ2) is 18.3. The number of ether oxygens (including phenoxy) is 2. The van der Waals surface area contributed by atoms with E-state index >= 15 is 0 Å². The fourth-order valence-corrected chi connectivity index (χ4v) is 7.06. The highest BCUT2D eigenvalue weighted by atomic mass is 16.6. The Labute approximate surface area is 360 Å². The monoisotopic (exact) mass is 806 g/mol. The molecule has 0 unspecified atom stereocenters. The molecule has 0 saturated carbocycles. The van der Waals surface area contributed by atoms with Gasteiger partial charge in [-0.05, 0) is 94.0 Å². The second-order valence-corrected chi connectivity index (χ2v) is 14.3. The van der Waals surface area contributed by atoms with E-state index in [2.05, 4.69) is 23.7 Å². The molecule has 2 N–H and O–H groups in total. The van der Waals surface area contributed by atoms with Crippen LogP contribution in [-0.2, 0) is 20.8 Å². The van der Waals surface area contributed by atoms with Crippen molar-refractivity contribution in [3.63, 3.8) is 0 Å². The number of rotatable bonds is 9. The van der Waals surface area contributed by atoms with Crippen LogP contribution in [0.15, 0.2) is 218 Å². The maximum atomic E-state index is 14.1. The van der Waals surface area contributed by atoms with E-state index in [1.54, 1.807) is 158 Å². The number of carbonyl (C=O) groups is 2. The molecule has 0 amide bonds. The van der Waals surface area contributed by atoms with Gasteiger partial charge in [-0.25, -0.2) is 9.59 Å². The standard InChI is InChI=1S/C56H38O6/c57-53(55(59,45-23-11-3-12-24-45)46-25-13-4-14-26-46)61-49-35-37-51(43(39-49)33-31-41-19-7-1-8-20-41)52-38-36-50(40-44(52)34-32-42-21-9-2-10-22-42)62-54(58)56(60,47-27-15-5-16-28-47)48-29-17-6-18-30-48/h1-30,35-40,59-60H. The lowest BCUT2D eigenvalue weighted by atomic mass is 9.86. The van der Waals surface area contributed by atoms with Gasteiger partial charge >= 0.3 is 11.9 Å². The summed E-state index contributed by atoms with van der Waals surface area (Å²) < 4.78 is 12.0. The Morgan fingerprint density at radius 2 is 0.629 bits per heavy atom. The number of carbonyl (C=O) groups excluding carboxylic acids is 2. The zero-order valence-corrected chi connectivity index (χ0v) is 33.3. The van der Waals surface area contributed by atoms with Crippen molar-refractivity contribution in [1.29, 1.82) is 0 Å². The normalized spacial score (nSPS) is 10.9. The van der Waals surface area contributed by atoms with Crippen LogP contribution in [0, 0.1) is 23.7 Å². The average Bonchev–Trinajstić information content (AvgIpc) is 3.34. The highest BCUT2D eigenvalue weighted by molar-refractivity contribution is 5.89. The average molecular weight is 807 g/mol. The fourth-order valence-electron chi connectivity index (χ4n) is 7.06. The van der Waals surface area contributed by atoms with Crippen molar-refractivity contribution in [3.8, 4) is 46.3 Å². The number of esters is 2. The summed E-state index contributed by atoms with van der Waals surface area (Å²) in [4.78, 5) is 28.3. The van der Waals surface area contributed by atoms with Crippen molar-refractivity contribution in [1.82, 2.24) is 0 Å². The molecule has 0 radical (unpaired) electrons. The summed E-state index contributed by atoms with van der Waals surface area (Å²) in [5.41, 5.74) is 0.999. The Kier molecular flexibility index (Phi) is 12.0. The SMILES string of the molecule is O=C(Oc1ccc(-c2ccc(OC(=O)C(O)(c3ccccc3)c3ccccc3)cc2C#Cc2ccccc2)c(C#Cc2ccccc2)c1)C(O)(c1ccccc1)c1ccccc1. The zero-order valence-electron chi connectivity index (χ0n) is 33.3. The van der Waals surface area contributed by atoms with E-state index in [0.717, 1.165) is 11.1 Å². The lowest BCUT2D eigenvalue weighted by Gasteiger charge is -2.27. The molecule has 62 heavy (non-hydrogen) atoms. The van der Waals surface area contributed by atoms with Crippen molar-refractivity contribution in [2.75, 3.05) is 0 Å². The molecule has 0 fully saturated rings. The molecule has 0 spiro atoms. The van der Waals surface area contributed by atoms with Crippen LogP contribution >= 0.6 is 0 Å². The van der Waals surface area contributed by atoms with Gasteiger partial charge in [-0.3, -0.25) is 0 Å². The van der Waals surface area contributed by atoms with Crippen molar-refractivity contribution >= 4 is 11.9 Å². The Balaban J connectivity index is 1.22. The Morgan fingerprint density at radius 3 is 0.919 bits per heavy atom. The molecule has 0 aromatic heterocycles. The van der Waals surface area contributed by atoms with Gasteiger partial charge in [-0.15, -0.1) is 0 Å². The van der Waals surface area contributed by atoms with E-state index in [-0.39, 0.29) is 11.5 Å². The van der Waals surface area contributed by atoms with Crippen LogP contribution in [0.2, 0.25) is 0 Å². The predicted octanol–water partition coefficient (Wildman–Crippen LogP) is 9.84. The number of aliphatic hydroxyl groups is 2. The molecule has 8 aromatic carbocycles. The molecule has 0 aliphatic carbocycles. The van der Waals surface area contributed by atoms with Gasteiger partial charge < -0.3 is 19.7 Å². The number of hydrogen-bond acceptors (Lipinski definition) is 6. The summed E-state index contributed by atoms with van der Waals surface area (Å²) in [6, 6.07) is 63.7. The van der Waals surface area contributed by atoms with Gasteiger partial charge in [-0.2, -0.15) is 0 Å². The summed E-state index contributed by atoms with van der Waals surface area (Å²) in [7, 11) is 0. The van der Waals surface area contributed by atoms with Crippen molar-refractivity contribution in [3.05, 3.63) is 263 Å². The van der Waals surface area contributed by atoms with Crippen LogP contribution in [0.3, 0.4) is 0 Å². The topological polar surface area (TPSA) is 93.1 Å². The minimum atomic E-state index is -2.11. The third-order valence-corrected chi connectivity index (χ3v) is 10.3. The summed E-state index contributed by atoms with van der Waals surface area (Å²) in [5, 5.41) is 24.3. The van der Waals surface area contributed by atoms with Crippen LogP contribution in [-0.4, -0.2) is 22.2 Å². The molecule has 0 aliphatic heterocycles. The molecule has 6 heteroatoms. The zero-order chi connectivity index (χ0) is 42.8. The molecular formula is C56H38O6. The number of hydrogen-bond donors (Lipinski definition) is 2. The van der Waals surface area contributed by atoms with Crippen LogP contribution in [0.1, 0.15) is 44.5 Å². The summed E-state index contributed by atoms with van der Waals surface area (Å²) in [5.74, 6) is 11.5. The first-order chi connectivity index (χ1) is 30.3. The molecular weight excluding hydrogens is 769 g/mol. The van der Waals surface area contributed by atoms with Crippen LogP contribution in [0.5, 0.6) is 11.5 Å². The molecule has 8 aromatic rings. The van der Waals surface area contributed by atoms with Gasteiger partial charge in [0.05, 0.1) is 0 Å². The molecule has 0 bridgehead atoms. The van der Waals surface area contributed by atoms with E-state index in [0.29, 0.717) is 44.5 Å². The Hall–Kier alpha value is -8.26. The van der Waals surface area contributed by atoms with Gasteiger partial charge in [0.1, 0.15) is 11.5 Å². The summed E-state index contributed by atoms with van der Waals surface area (Å²) in [6.45, 7) is 0. The van der Waals surface area contributed by atoms with Crippen molar-refractivity contribution in [2.24, 2.45) is 0 Å². The predicted molar refractivity (Wildman–Crippen MR) is 240 cm³/mol. The van der Waals surface area contributed by atoms with Gasteiger partial charge in [0.15, 0.2) is 0 Å². The fraction of sp³-hybridized carbons (Fsp3) is 0.0357. The van der Waals surface area contributed by atoms with E-state index in [1.807, 2.05) is 60.7 Å². The lowest BCUT2D eigenvalue weighted by molar-refractivity contribution is -0.152. The third-order valence-electron chi connectivity index (χ3n) is 10.3. The molecule has 0 heterocycles. The highest BCUT2D eigenvalue weighted by Gasteiger charge is 2.43. The first kappa shape index (κ1) is 40.5. The van der Waals surface area contributed by atoms with Crippen molar-refractivity contribution in [2.45, 2.75) is 11.2 Å². The van der Waals surface area contributed by atoms with E-state index < -0.39 is 23.1 Å². The largest absolute Gasteiger partial charge is 0.424 e. The highest BCUT2D eigenvalue weighted by Crippen LogP contribution is 2.37. The Morgan fingerprint density at radius 1 is 0.355 bits per heavy atom. The van der Waals surface area contributed by atoms with Crippen LogP contribution < -0.4 is 9.47 Å². The summed E-state index contributed by atoms with van der Waals surface area (Å²) in [6.07, 6.45) is 0. The van der Waals surface area contributed by atoms with Gasteiger partial charge in [0.2, 0.25) is 11.2 Å². The molecule has 0 aliphatic rings. The van der Waals surface area contributed by atoms with E-state index in [1.165, 1.54) is 0 Å². The quantitative estimate of drug-likeness (QED) is 0.0858.